The van der Waals surface area contributed by atoms with Crippen molar-refractivity contribution in [2.24, 2.45) is 16.2 Å². The van der Waals surface area contributed by atoms with Crippen LogP contribution in [0.1, 0.15) is 34.1 Å². The summed E-state index contributed by atoms with van der Waals surface area (Å²) in [6, 6.07) is 0. The number of carbonyl (C=O) groups is 2. The molecule has 0 bridgehead atoms. The van der Waals surface area contributed by atoms with Crippen LogP contribution < -0.4 is 0 Å². The number of halogens is 1. The van der Waals surface area contributed by atoms with E-state index in [4.69, 9.17) is 11.6 Å². The topological polar surface area (TPSA) is 74.6 Å². The van der Waals surface area contributed by atoms with E-state index >= 15 is 0 Å². The van der Waals surface area contributed by atoms with Gasteiger partial charge in [0.05, 0.1) is 16.2 Å². The van der Waals surface area contributed by atoms with Crippen LogP contribution in [-0.2, 0) is 9.59 Å². The highest BCUT2D eigenvalue weighted by Crippen LogP contribution is 2.54. The van der Waals surface area contributed by atoms with Gasteiger partial charge in [-0.15, -0.1) is 11.6 Å². The first kappa shape index (κ1) is 15.0. The predicted molar refractivity (Wildman–Crippen MR) is 68.7 cm³/mol. The van der Waals surface area contributed by atoms with E-state index in [0.29, 0.717) is 0 Å². The maximum atomic E-state index is 11.7. The molecule has 0 fully saturated rings. The van der Waals surface area contributed by atoms with Gasteiger partial charge in [0.2, 0.25) is 0 Å². The zero-order valence-electron chi connectivity index (χ0n) is 11.0. The predicted octanol–water partition coefficient (Wildman–Crippen LogP) is 2.76. The Kier molecular flexibility index (Phi) is 3.56. The van der Waals surface area contributed by atoms with Gasteiger partial charge < -0.3 is 10.2 Å². The first-order valence-electron chi connectivity index (χ1n) is 5.77. The minimum Gasteiger partial charge on any atom is -0.481 e. The maximum absolute atomic E-state index is 11.7. The normalized spacial score (nSPS) is 36.4. The van der Waals surface area contributed by atoms with Crippen molar-refractivity contribution in [2.45, 2.75) is 39.5 Å². The monoisotopic (exact) mass is 274 g/mol. The van der Waals surface area contributed by atoms with Gasteiger partial charge in [-0.25, -0.2) is 0 Å². The van der Waals surface area contributed by atoms with Crippen LogP contribution in [0.5, 0.6) is 0 Å². The van der Waals surface area contributed by atoms with Crippen molar-refractivity contribution >= 4 is 23.5 Å². The lowest BCUT2D eigenvalue weighted by molar-refractivity contribution is -0.163. The number of carboxylic acids is 2. The molecule has 0 aromatic heterocycles. The van der Waals surface area contributed by atoms with E-state index in [1.807, 2.05) is 0 Å². The molecule has 0 saturated heterocycles. The van der Waals surface area contributed by atoms with Crippen LogP contribution in [0.3, 0.4) is 0 Å². The van der Waals surface area contributed by atoms with Crippen LogP contribution in [0, 0.1) is 16.2 Å². The minimum atomic E-state index is -1.30. The van der Waals surface area contributed by atoms with Gasteiger partial charge in [0.1, 0.15) is 0 Å². The molecule has 0 radical (unpaired) electrons. The van der Waals surface area contributed by atoms with E-state index in [1.165, 1.54) is 19.1 Å². The van der Waals surface area contributed by atoms with E-state index in [0.717, 1.165) is 0 Å². The molecule has 0 aromatic rings. The number of hydrogen-bond acceptors (Lipinski definition) is 2. The smallest absolute Gasteiger partial charge is 0.313 e. The van der Waals surface area contributed by atoms with Gasteiger partial charge in [-0.2, -0.15) is 0 Å². The molecule has 3 atom stereocenters. The van der Waals surface area contributed by atoms with Crippen molar-refractivity contribution in [1.82, 2.24) is 0 Å². The molecule has 5 heteroatoms. The van der Waals surface area contributed by atoms with Crippen LogP contribution in [-0.4, -0.2) is 27.5 Å². The molecule has 18 heavy (non-hydrogen) atoms. The highest BCUT2D eigenvalue weighted by molar-refractivity contribution is 6.24. The fraction of sp³-hybridized carbons (Fsp3) is 0.692. The zero-order valence-corrected chi connectivity index (χ0v) is 11.8. The third kappa shape index (κ3) is 2.03. The van der Waals surface area contributed by atoms with E-state index in [2.05, 4.69) is 0 Å². The standard InChI is InChI=1S/C13H19ClO4/c1-11(2,3)13(10(17)18)7-12(4,9(15)16)6-5-8(13)14/h5-6,8H,7H2,1-4H3,(H,15,16)(H,17,18). The van der Waals surface area contributed by atoms with Crippen molar-refractivity contribution < 1.29 is 19.8 Å². The summed E-state index contributed by atoms with van der Waals surface area (Å²) < 4.78 is 0. The molecule has 1 rings (SSSR count). The summed E-state index contributed by atoms with van der Waals surface area (Å²) in [5.41, 5.74) is -3.14. The van der Waals surface area contributed by atoms with Gasteiger partial charge in [-0.1, -0.05) is 32.9 Å². The van der Waals surface area contributed by atoms with E-state index in [9.17, 15) is 19.8 Å². The van der Waals surface area contributed by atoms with Crippen LogP contribution in [0.2, 0.25) is 0 Å². The SMILES string of the molecule is CC1(C(=O)O)C=CC(Cl)C(C(=O)O)(C(C)(C)C)C1. The Morgan fingerprint density at radius 2 is 1.78 bits per heavy atom. The largest absolute Gasteiger partial charge is 0.481 e. The average Bonchev–Trinajstić information content (AvgIpc) is 2.19. The number of allylic oxidation sites excluding steroid dienone is 1. The van der Waals surface area contributed by atoms with Gasteiger partial charge in [0.15, 0.2) is 0 Å². The Morgan fingerprint density at radius 1 is 1.28 bits per heavy atom. The second-order valence-corrected chi connectivity index (χ2v) is 6.66. The minimum absolute atomic E-state index is 0.0150. The van der Waals surface area contributed by atoms with Crippen LogP contribution in [0.4, 0.5) is 0 Å². The van der Waals surface area contributed by atoms with E-state index in [-0.39, 0.29) is 6.42 Å². The number of rotatable bonds is 2. The summed E-state index contributed by atoms with van der Waals surface area (Å²) in [6.45, 7) is 6.85. The maximum Gasteiger partial charge on any atom is 0.313 e. The Balaban J connectivity index is 3.42. The van der Waals surface area contributed by atoms with Crippen molar-refractivity contribution in [1.29, 1.82) is 0 Å². The number of carboxylic acid groups (broad SMARTS) is 2. The summed E-state index contributed by atoms with van der Waals surface area (Å²) >= 11 is 6.19. The van der Waals surface area contributed by atoms with Crippen molar-refractivity contribution in [3.63, 3.8) is 0 Å². The molecule has 1 aliphatic carbocycles. The molecule has 0 aromatic carbocycles. The van der Waals surface area contributed by atoms with Crippen LogP contribution in [0.15, 0.2) is 12.2 Å². The molecule has 0 saturated carbocycles. The Hall–Kier alpha value is -1.03. The summed E-state index contributed by atoms with van der Waals surface area (Å²) in [4.78, 5) is 23.1. The molecule has 0 amide bonds. The molecule has 4 nitrogen and oxygen atoms in total. The van der Waals surface area contributed by atoms with Gasteiger partial charge in [-0.3, -0.25) is 9.59 Å². The summed E-state index contributed by atoms with van der Waals surface area (Å²) in [7, 11) is 0. The molecule has 2 N–H and O–H groups in total. The van der Waals surface area contributed by atoms with Gasteiger partial charge in [0, 0.05) is 0 Å². The highest BCUT2D eigenvalue weighted by Gasteiger charge is 2.59. The first-order valence-corrected chi connectivity index (χ1v) is 6.21. The molecule has 0 heterocycles. The lowest BCUT2D eigenvalue weighted by atomic mass is 9.55. The summed E-state index contributed by atoms with van der Waals surface area (Å²) in [5, 5.41) is 18.2. The quantitative estimate of drug-likeness (QED) is 0.600. The molecular formula is C13H19ClO4. The molecule has 102 valence electrons. The lowest BCUT2D eigenvalue weighted by Gasteiger charge is -2.49. The third-order valence-corrected chi connectivity index (χ3v) is 4.48. The van der Waals surface area contributed by atoms with E-state index in [1.54, 1.807) is 20.8 Å². The second kappa shape index (κ2) is 4.26. The fourth-order valence-electron chi connectivity index (χ4n) is 2.54. The number of hydrogen-bond donors (Lipinski definition) is 2. The van der Waals surface area contributed by atoms with Gasteiger partial charge >= 0.3 is 11.9 Å². The van der Waals surface area contributed by atoms with Crippen LogP contribution in [0.25, 0.3) is 0 Å². The first-order chi connectivity index (χ1) is 7.97. The van der Waals surface area contributed by atoms with Gasteiger partial charge in [0.25, 0.3) is 0 Å². The summed E-state index contributed by atoms with van der Waals surface area (Å²) in [5.74, 6) is -2.08. The Labute approximate surface area is 112 Å². The van der Waals surface area contributed by atoms with Crippen molar-refractivity contribution in [3.05, 3.63) is 12.2 Å². The Bertz CT molecular complexity index is 410. The molecule has 0 spiro atoms. The van der Waals surface area contributed by atoms with Crippen LogP contribution >= 0.6 is 11.6 Å². The molecular weight excluding hydrogens is 256 g/mol. The lowest BCUT2D eigenvalue weighted by Crippen LogP contribution is -2.54. The number of aliphatic carboxylic acids is 2. The molecule has 1 aliphatic rings. The molecule has 0 aliphatic heterocycles. The van der Waals surface area contributed by atoms with Gasteiger partial charge in [-0.05, 0) is 18.8 Å². The zero-order chi connectivity index (χ0) is 14.4. The van der Waals surface area contributed by atoms with E-state index < -0.39 is 33.6 Å². The Morgan fingerprint density at radius 3 is 2.11 bits per heavy atom. The average molecular weight is 275 g/mol. The second-order valence-electron chi connectivity index (χ2n) is 6.19. The highest BCUT2D eigenvalue weighted by atomic mass is 35.5. The molecule has 3 unspecified atom stereocenters. The van der Waals surface area contributed by atoms with Crippen molar-refractivity contribution in [3.8, 4) is 0 Å². The van der Waals surface area contributed by atoms with Crippen molar-refractivity contribution in [2.75, 3.05) is 0 Å². The summed E-state index contributed by atoms with van der Waals surface area (Å²) in [6.07, 6.45) is 2.98. The number of alkyl halides is 1. The fourth-order valence-corrected chi connectivity index (χ4v) is 3.11. The third-order valence-electron chi connectivity index (χ3n) is 3.96.